The third-order valence-electron chi connectivity index (χ3n) is 3.60. The van der Waals surface area contributed by atoms with E-state index in [1.54, 1.807) is 0 Å². The van der Waals surface area contributed by atoms with Crippen LogP contribution in [0.3, 0.4) is 0 Å². The Morgan fingerprint density at radius 2 is 1.73 bits per heavy atom. The van der Waals surface area contributed by atoms with Crippen molar-refractivity contribution >= 4 is 23.5 Å². The topological polar surface area (TPSA) is 134 Å². The molecule has 1 rings (SSSR count). The molecule has 1 N–H and O–H groups in total. The van der Waals surface area contributed by atoms with Crippen LogP contribution in [0.15, 0.2) is 24.3 Å². The van der Waals surface area contributed by atoms with E-state index in [2.05, 4.69) is 10.1 Å². The van der Waals surface area contributed by atoms with Gasteiger partial charge in [-0.05, 0) is 5.56 Å². The maximum Gasteiger partial charge on any atom is 0.329 e. The van der Waals surface area contributed by atoms with Crippen molar-refractivity contribution in [2.45, 2.75) is 18.4 Å². The number of hydrogen-bond acceptors (Lipinski definition) is 8. The summed E-state index contributed by atoms with van der Waals surface area (Å²) in [5.74, 6) is -2.83. The Balaban J connectivity index is 3.24. The summed E-state index contributed by atoms with van der Waals surface area (Å²) in [6, 6.07) is 4.09. The summed E-state index contributed by atoms with van der Waals surface area (Å²) in [7, 11) is 3.64. The first-order valence-electron chi connectivity index (χ1n) is 7.51. The van der Waals surface area contributed by atoms with Crippen molar-refractivity contribution in [3.8, 4) is 0 Å². The van der Waals surface area contributed by atoms with Gasteiger partial charge in [0.15, 0.2) is 0 Å². The summed E-state index contributed by atoms with van der Waals surface area (Å²) >= 11 is 0. The Bertz CT molecular complexity index is 659. The molecule has 1 amide bonds. The maximum atomic E-state index is 12.2. The first-order valence-corrected chi connectivity index (χ1v) is 7.51. The second-order valence-electron chi connectivity index (χ2n) is 5.24. The van der Waals surface area contributed by atoms with Gasteiger partial charge in [0, 0.05) is 25.2 Å². The van der Waals surface area contributed by atoms with Gasteiger partial charge in [0.05, 0.1) is 25.6 Å². The van der Waals surface area contributed by atoms with Gasteiger partial charge in [-0.1, -0.05) is 12.1 Å². The van der Waals surface area contributed by atoms with Crippen LogP contribution < -0.4 is 5.32 Å². The molecule has 0 saturated carbocycles. The van der Waals surface area contributed by atoms with Crippen LogP contribution in [0.1, 0.15) is 17.9 Å². The first-order chi connectivity index (χ1) is 12.3. The summed E-state index contributed by atoms with van der Waals surface area (Å²) in [4.78, 5) is 46.0. The number of methoxy groups -OCH3 is 3. The van der Waals surface area contributed by atoms with Gasteiger partial charge in [-0.2, -0.15) is 0 Å². The standard InChI is InChI=1S/C16H20N2O8/c1-24-9-13(19)17-15(16(21)26-3)12(8-14(20)25-2)10-4-6-11(7-5-10)18(22)23/h4-7,12,15H,8-9H2,1-3H3,(H,17,19)/t12-,15-/m0/s1. The lowest BCUT2D eigenvalue weighted by molar-refractivity contribution is -0.384. The zero-order chi connectivity index (χ0) is 19.7. The average Bonchev–Trinajstić information content (AvgIpc) is 2.63. The van der Waals surface area contributed by atoms with E-state index in [1.165, 1.54) is 38.5 Å². The molecule has 0 bridgehead atoms. The van der Waals surface area contributed by atoms with Gasteiger partial charge in [-0.3, -0.25) is 19.7 Å². The average molecular weight is 368 g/mol. The largest absolute Gasteiger partial charge is 0.469 e. The van der Waals surface area contributed by atoms with Crippen LogP contribution in [-0.2, 0) is 28.6 Å². The number of nitrogens with one attached hydrogen (secondary N) is 1. The molecule has 0 aliphatic carbocycles. The first kappa shape index (κ1) is 21.0. The van der Waals surface area contributed by atoms with Crippen molar-refractivity contribution in [3.63, 3.8) is 0 Å². The normalized spacial score (nSPS) is 12.6. The van der Waals surface area contributed by atoms with Gasteiger partial charge in [0.25, 0.3) is 5.69 Å². The highest BCUT2D eigenvalue weighted by atomic mass is 16.6. The Morgan fingerprint density at radius 1 is 1.12 bits per heavy atom. The zero-order valence-corrected chi connectivity index (χ0v) is 14.6. The molecular weight excluding hydrogens is 348 g/mol. The number of nitrogens with zero attached hydrogens (tertiary/aromatic N) is 1. The van der Waals surface area contributed by atoms with Crippen LogP contribution in [0, 0.1) is 10.1 Å². The number of amides is 1. The fourth-order valence-electron chi connectivity index (χ4n) is 2.33. The summed E-state index contributed by atoms with van der Waals surface area (Å²) < 4.78 is 14.1. The zero-order valence-electron chi connectivity index (χ0n) is 14.6. The summed E-state index contributed by atoms with van der Waals surface area (Å²) in [5.41, 5.74) is 0.276. The van der Waals surface area contributed by atoms with Gasteiger partial charge in [-0.25, -0.2) is 4.79 Å². The van der Waals surface area contributed by atoms with Crippen LogP contribution in [0.25, 0.3) is 0 Å². The number of non-ortho nitro benzene ring substituents is 1. The molecule has 0 unspecified atom stereocenters. The molecule has 0 saturated heterocycles. The Kier molecular flexibility index (Phi) is 8.16. The molecule has 0 fully saturated rings. The van der Waals surface area contributed by atoms with E-state index in [9.17, 15) is 24.5 Å². The molecule has 0 spiro atoms. The highest BCUT2D eigenvalue weighted by Gasteiger charge is 2.34. The van der Waals surface area contributed by atoms with E-state index in [1.807, 2.05) is 0 Å². The van der Waals surface area contributed by atoms with Gasteiger partial charge >= 0.3 is 11.9 Å². The molecule has 0 radical (unpaired) electrons. The number of carbonyl (C=O) groups excluding carboxylic acids is 3. The lowest BCUT2D eigenvalue weighted by Crippen LogP contribution is -2.47. The second kappa shape index (κ2) is 10.1. The van der Waals surface area contributed by atoms with E-state index < -0.39 is 34.7 Å². The van der Waals surface area contributed by atoms with Gasteiger partial charge in [0.1, 0.15) is 12.6 Å². The lowest BCUT2D eigenvalue weighted by atomic mass is 9.88. The fourth-order valence-corrected chi connectivity index (χ4v) is 2.33. The maximum absolute atomic E-state index is 12.2. The second-order valence-corrected chi connectivity index (χ2v) is 5.24. The minimum absolute atomic E-state index is 0.149. The van der Waals surface area contributed by atoms with Crippen molar-refractivity contribution in [3.05, 3.63) is 39.9 Å². The molecule has 0 aromatic heterocycles. The van der Waals surface area contributed by atoms with E-state index in [0.29, 0.717) is 5.56 Å². The van der Waals surface area contributed by atoms with Crippen molar-refractivity contribution in [1.29, 1.82) is 0 Å². The molecule has 26 heavy (non-hydrogen) atoms. The Morgan fingerprint density at radius 3 is 2.19 bits per heavy atom. The SMILES string of the molecule is COCC(=O)N[C@H](C(=O)OC)[C@@H](CC(=O)OC)c1ccc([N+](=O)[O-])cc1. The molecule has 0 aliphatic rings. The number of benzene rings is 1. The van der Waals surface area contributed by atoms with Gasteiger partial charge < -0.3 is 19.5 Å². The van der Waals surface area contributed by atoms with Gasteiger partial charge in [0.2, 0.25) is 5.91 Å². The third kappa shape index (κ3) is 5.81. The van der Waals surface area contributed by atoms with E-state index >= 15 is 0 Å². The molecule has 1 aromatic rings. The molecule has 10 nitrogen and oxygen atoms in total. The Hall–Kier alpha value is -3.01. The highest BCUT2D eigenvalue weighted by Crippen LogP contribution is 2.27. The predicted octanol–water partition coefficient (Wildman–Crippen LogP) is 0.546. The van der Waals surface area contributed by atoms with E-state index in [4.69, 9.17) is 9.47 Å². The van der Waals surface area contributed by atoms with Gasteiger partial charge in [-0.15, -0.1) is 0 Å². The highest BCUT2D eigenvalue weighted by molar-refractivity contribution is 5.86. The number of carbonyl (C=O) groups is 3. The van der Waals surface area contributed by atoms with E-state index in [-0.39, 0.29) is 18.7 Å². The van der Waals surface area contributed by atoms with Crippen LogP contribution in [0.2, 0.25) is 0 Å². The molecule has 0 aliphatic heterocycles. The van der Waals surface area contributed by atoms with Crippen LogP contribution in [0.5, 0.6) is 0 Å². The minimum atomic E-state index is -1.21. The summed E-state index contributed by atoms with van der Waals surface area (Å²) in [6.07, 6.45) is -0.249. The quantitative estimate of drug-likeness (QED) is 0.379. The van der Waals surface area contributed by atoms with Crippen LogP contribution in [-0.4, -0.2) is 56.7 Å². The molecule has 10 heteroatoms. The smallest absolute Gasteiger partial charge is 0.329 e. The number of hydrogen-bond donors (Lipinski definition) is 1. The molecule has 0 heterocycles. The fraction of sp³-hybridized carbons (Fsp3) is 0.438. The van der Waals surface area contributed by atoms with Crippen LogP contribution >= 0.6 is 0 Å². The molecule has 2 atom stereocenters. The number of rotatable bonds is 9. The van der Waals surface area contributed by atoms with Crippen molar-refractivity contribution < 1.29 is 33.5 Å². The molecule has 1 aromatic carbocycles. The Labute approximate surface area is 149 Å². The number of esters is 2. The predicted molar refractivity (Wildman–Crippen MR) is 88.3 cm³/mol. The van der Waals surface area contributed by atoms with Crippen molar-refractivity contribution in [1.82, 2.24) is 5.32 Å². The minimum Gasteiger partial charge on any atom is -0.469 e. The van der Waals surface area contributed by atoms with Crippen molar-refractivity contribution in [2.75, 3.05) is 27.9 Å². The summed E-state index contributed by atoms with van der Waals surface area (Å²) in [6.45, 7) is -0.293. The summed E-state index contributed by atoms with van der Waals surface area (Å²) in [5, 5.41) is 13.3. The third-order valence-corrected chi connectivity index (χ3v) is 3.60. The lowest BCUT2D eigenvalue weighted by Gasteiger charge is -2.25. The number of nitro groups is 1. The monoisotopic (exact) mass is 368 g/mol. The van der Waals surface area contributed by atoms with Crippen LogP contribution in [0.4, 0.5) is 5.69 Å². The molecular formula is C16H20N2O8. The molecule has 142 valence electrons. The van der Waals surface area contributed by atoms with Crippen molar-refractivity contribution in [2.24, 2.45) is 0 Å². The number of nitro benzene ring substituents is 1. The number of ether oxygens (including phenoxy) is 3. The van der Waals surface area contributed by atoms with E-state index in [0.717, 1.165) is 7.11 Å².